The molecule has 1 aromatic rings. The maximum absolute atomic E-state index is 13.0. The van der Waals surface area contributed by atoms with Gasteiger partial charge in [0, 0.05) is 13.0 Å². The Bertz CT molecular complexity index is 352. The number of phenols is 1. The molecule has 2 nitrogen and oxygen atoms in total. The van der Waals surface area contributed by atoms with Gasteiger partial charge in [-0.2, -0.15) is 0 Å². The zero-order valence-electron chi connectivity index (χ0n) is 7.05. The summed E-state index contributed by atoms with van der Waals surface area (Å²) in [5, 5.41) is 8.99. The van der Waals surface area contributed by atoms with Crippen molar-refractivity contribution in [1.82, 2.24) is 0 Å². The van der Waals surface area contributed by atoms with Crippen molar-refractivity contribution in [2.24, 2.45) is 5.73 Å². The predicted molar refractivity (Wildman–Crippen MR) is 48.6 cm³/mol. The third-order valence-electron chi connectivity index (χ3n) is 1.47. The second kappa shape index (κ2) is 4.48. The standard InChI is InChI=1S/C10H10FNO/c11-10-8(4-1-2-7-12)5-3-6-9(10)13/h3,5-6,13H,2,7,12H2. The number of hydrogen-bond donors (Lipinski definition) is 2. The molecule has 0 aromatic heterocycles. The predicted octanol–water partition coefficient (Wildman–Crippen LogP) is 1.23. The first-order chi connectivity index (χ1) is 6.25. The number of phenolic OH excluding ortho intramolecular Hbond substituents is 1. The van der Waals surface area contributed by atoms with Crippen molar-refractivity contribution in [3.05, 3.63) is 29.6 Å². The summed E-state index contributed by atoms with van der Waals surface area (Å²) in [5.41, 5.74) is 5.42. The molecule has 0 saturated heterocycles. The molecule has 0 atom stereocenters. The Morgan fingerprint density at radius 3 is 2.92 bits per heavy atom. The number of aromatic hydroxyl groups is 1. The van der Waals surface area contributed by atoms with E-state index in [-0.39, 0.29) is 11.3 Å². The van der Waals surface area contributed by atoms with Gasteiger partial charge in [-0.1, -0.05) is 17.9 Å². The first kappa shape index (κ1) is 9.56. The van der Waals surface area contributed by atoms with Gasteiger partial charge in [-0.25, -0.2) is 4.39 Å². The fraction of sp³-hybridized carbons (Fsp3) is 0.200. The van der Waals surface area contributed by atoms with Crippen LogP contribution in [0.4, 0.5) is 4.39 Å². The summed E-state index contributed by atoms with van der Waals surface area (Å²) >= 11 is 0. The minimum absolute atomic E-state index is 0.202. The number of nitrogens with two attached hydrogens (primary N) is 1. The highest BCUT2D eigenvalue weighted by molar-refractivity contribution is 5.40. The molecule has 0 aliphatic heterocycles. The summed E-state index contributed by atoms with van der Waals surface area (Å²) in [6.45, 7) is 0.452. The van der Waals surface area contributed by atoms with Gasteiger partial charge in [0.2, 0.25) is 0 Å². The van der Waals surface area contributed by atoms with Crippen LogP contribution in [-0.2, 0) is 0 Å². The quantitative estimate of drug-likeness (QED) is 0.637. The van der Waals surface area contributed by atoms with Crippen molar-refractivity contribution >= 4 is 0 Å². The number of rotatable bonds is 1. The summed E-state index contributed by atoms with van der Waals surface area (Å²) in [6, 6.07) is 4.34. The average Bonchev–Trinajstić information content (AvgIpc) is 2.13. The topological polar surface area (TPSA) is 46.2 Å². The lowest BCUT2D eigenvalue weighted by Crippen LogP contribution is -1.95. The van der Waals surface area contributed by atoms with Gasteiger partial charge < -0.3 is 10.8 Å². The van der Waals surface area contributed by atoms with Gasteiger partial charge in [0.25, 0.3) is 0 Å². The van der Waals surface area contributed by atoms with E-state index in [0.29, 0.717) is 13.0 Å². The lowest BCUT2D eigenvalue weighted by molar-refractivity contribution is 0.431. The first-order valence-corrected chi connectivity index (χ1v) is 3.92. The van der Waals surface area contributed by atoms with Crippen LogP contribution < -0.4 is 5.73 Å². The maximum atomic E-state index is 13.0. The molecule has 0 aliphatic carbocycles. The second-order valence-corrected chi connectivity index (χ2v) is 2.48. The van der Waals surface area contributed by atoms with Crippen LogP contribution in [0.5, 0.6) is 5.75 Å². The van der Waals surface area contributed by atoms with Crippen LogP contribution in [0.25, 0.3) is 0 Å². The second-order valence-electron chi connectivity index (χ2n) is 2.48. The molecule has 0 unspecified atom stereocenters. The van der Waals surface area contributed by atoms with E-state index in [1.807, 2.05) is 0 Å². The van der Waals surface area contributed by atoms with Crippen molar-refractivity contribution in [2.75, 3.05) is 6.54 Å². The summed E-state index contributed by atoms with van der Waals surface area (Å²) in [5.74, 6) is 4.23. The normalized spacial score (nSPS) is 9.08. The van der Waals surface area contributed by atoms with Gasteiger partial charge in [0.05, 0.1) is 5.56 Å². The van der Waals surface area contributed by atoms with E-state index in [1.165, 1.54) is 12.1 Å². The minimum Gasteiger partial charge on any atom is -0.505 e. The van der Waals surface area contributed by atoms with Gasteiger partial charge in [-0.05, 0) is 12.1 Å². The van der Waals surface area contributed by atoms with E-state index in [4.69, 9.17) is 10.8 Å². The van der Waals surface area contributed by atoms with Crippen LogP contribution in [0.1, 0.15) is 12.0 Å². The first-order valence-electron chi connectivity index (χ1n) is 3.92. The molecule has 3 heteroatoms. The van der Waals surface area contributed by atoms with Crippen LogP contribution in [0.3, 0.4) is 0 Å². The number of benzene rings is 1. The van der Waals surface area contributed by atoms with Gasteiger partial charge >= 0.3 is 0 Å². The Hall–Kier alpha value is -1.53. The Morgan fingerprint density at radius 1 is 1.46 bits per heavy atom. The van der Waals surface area contributed by atoms with Gasteiger partial charge in [-0.15, -0.1) is 0 Å². The third-order valence-corrected chi connectivity index (χ3v) is 1.47. The maximum Gasteiger partial charge on any atom is 0.180 e. The van der Waals surface area contributed by atoms with E-state index in [1.54, 1.807) is 6.07 Å². The van der Waals surface area contributed by atoms with Gasteiger partial charge in [0.1, 0.15) is 0 Å². The van der Waals surface area contributed by atoms with Gasteiger partial charge in [0.15, 0.2) is 11.6 Å². The molecule has 0 amide bonds. The van der Waals surface area contributed by atoms with E-state index in [2.05, 4.69) is 11.8 Å². The lowest BCUT2D eigenvalue weighted by atomic mass is 10.2. The summed E-state index contributed by atoms with van der Waals surface area (Å²) < 4.78 is 13.0. The zero-order valence-corrected chi connectivity index (χ0v) is 7.05. The van der Waals surface area contributed by atoms with Crippen LogP contribution >= 0.6 is 0 Å². The Morgan fingerprint density at radius 2 is 2.23 bits per heavy atom. The molecule has 0 fully saturated rings. The fourth-order valence-corrected chi connectivity index (χ4v) is 0.846. The molecule has 13 heavy (non-hydrogen) atoms. The van der Waals surface area contributed by atoms with Gasteiger partial charge in [-0.3, -0.25) is 0 Å². The third kappa shape index (κ3) is 2.46. The molecular formula is C10H10FNO. The van der Waals surface area contributed by atoms with Crippen molar-refractivity contribution in [2.45, 2.75) is 6.42 Å². The molecule has 0 bridgehead atoms. The van der Waals surface area contributed by atoms with Crippen molar-refractivity contribution < 1.29 is 9.50 Å². The summed E-state index contributed by atoms with van der Waals surface area (Å²) in [4.78, 5) is 0. The molecule has 1 aromatic carbocycles. The Labute approximate surface area is 76.2 Å². The van der Waals surface area contributed by atoms with Crippen molar-refractivity contribution in [1.29, 1.82) is 0 Å². The molecule has 1 rings (SSSR count). The van der Waals surface area contributed by atoms with E-state index in [9.17, 15) is 4.39 Å². The van der Waals surface area contributed by atoms with Crippen LogP contribution in [0.15, 0.2) is 18.2 Å². The highest BCUT2D eigenvalue weighted by Crippen LogP contribution is 2.17. The summed E-state index contributed by atoms with van der Waals surface area (Å²) in [6.07, 6.45) is 0.523. The summed E-state index contributed by atoms with van der Waals surface area (Å²) in [7, 11) is 0. The van der Waals surface area contributed by atoms with Crippen LogP contribution in [0, 0.1) is 17.7 Å². The molecule has 0 saturated carbocycles. The molecule has 68 valence electrons. The Kier molecular flexibility index (Phi) is 3.30. The molecular weight excluding hydrogens is 169 g/mol. The molecule has 0 aliphatic rings. The molecule has 0 radical (unpaired) electrons. The van der Waals surface area contributed by atoms with Crippen molar-refractivity contribution in [3.8, 4) is 17.6 Å². The number of halogens is 1. The molecule has 3 N–H and O–H groups in total. The van der Waals surface area contributed by atoms with E-state index >= 15 is 0 Å². The van der Waals surface area contributed by atoms with E-state index < -0.39 is 5.82 Å². The fourth-order valence-electron chi connectivity index (χ4n) is 0.846. The monoisotopic (exact) mass is 179 g/mol. The highest BCUT2D eigenvalue weighted by atomic mass is 19.1. The SMILES string of the molecule is NCCC#Cc1cccc(O)c1F. The smallest absolute Gasteiger partial charge is 0.180 e. The number of hydrogen-bond acceptors (Lipinski definition) is 2. The largest absolute Gasteiger partial charge is 0.505 e. The van der Waals surface area contributed by atoms with Crippen LogP contribution in [-0.4, -0.2) is 11.7 Å². The molecule has 0 heterocycles. The zero-order chi connectivity index (χ0) is 9.68. The van der Waals surface area contributed by atoms with E-state index in [0.717, 1.165) is 0 Å². The Balaban J connectivity index is 2.91. The lowest BCUT2D eigenvalue weighted by Gasteiger charge is -1.95. The highest BCUT2D eigenvalue weighted by Gasteiger charge is 2.02. The van der Waals surface area contributed by atoms with Crippen molar-refractivity contribution in [3.63, 3.8) is 0 Å². The minimum atomic E-state index is -0.674. The van der Waals surface area contributed by atoms with Crippen LogP contribution in [0.2, 0.25) is 0 Å². The average molecular weight is 179 g/mol. The molecule has 0 spiro atoms.